The van der Waals surface area contributed by atoms with Crippen molar-refractivity contribution in [1.29, 1.82) is 0 Å². The molecule has 0 unspecified atom stereocenters. The number of anilines is 1. The van der Waals surface area contributed by atoms with Gasteiger partial charge in [0.1, 0.15) is 0 Å². The molecular weight excluding hydrogens is 421 g/mol. The first-order valence-electron chi connectivity index (χ1n) is 8.54. The summed E-state index contributed by atoms with van der Waals surface area (Å²) in [5.74, 6) is -2.69. The minimum Gasteiger partial charge on any atom is -0.456 e. The van der Waals surface area contributed by atoms with Crippen molar-refractivity contribution in [3.05, 3.63) is 64.0 Å². The third-order valence-corrected chi connectivity index (χ3v) is 5.22. The Morgan fingerprint density at radius 1 is 1.17 bits per heavy atom. The first-order valence-corrected chi connectivity index (χ1v) is 10.0. The first kappa shape index (κ1) is 22.9. The fourth-order valence-corrected chi connectivity index (χ4v) is 3.27. The molecule has 1 amide bonds. The summed E-state index contributed by atoms with van der Waals surface area (Å²) in [6.45, 7) is 0.878. The lowest BCUT2D eigenvalue weighted by Gasteiger charge is -2.08. The summed E-state index contributed by atoms with van der Waals surface area (Å²) in [7, 11) is -3.78. The Labute approximate surface area is 171 Å². The summed E-state index contributed by atoms with van der Waals surface area (Å²) in [5, 5.41) is 12.9. The lowest BCUT2D eigenvalue weighted by atomic mass is 10.2. The number of rotatable bonds is 9. The quantitative estimate of drug-likeness (QED) is 0.345. The van der Waals surface area contributed by atoms with Gasteiger partial charge in [0.15, 0.2) is 6.61 Å². The van der Waals surface area contributed by atoms with Crippen LogP contribution in [0, 0.1) is 22.9 Å². The molecule has 0 aliphatic carbocycles. The number of benzene rings is 2. The van der Waals surface area contributed by atoms with Gasteiger partial charge in [0.05, 0.1) is 16.2 Å². The van der Waals surface area contributed by atoms with Crippen LogP contribution in [0.4, 0.5) is 15.8 Å². The van der Waals surface area contributed by atoms with Crippen LogP contribution in [0.2, 0.25) is 0 Å². The summed E-state index contributed by atoms with van der Waals surface area (Å²) in [6, 6.07) is 8.89. The zero-order valence-electron chi connectivity index (χ0n) is 15.8. The summed E-state index contributed by atoms with van der Waals surface area (Å²) >= 11 is 0. The number of ether oxygens (including phenoxy) is 1. The zero-order chi connectivity index (χ0) is 22.3. The van der Waals surface area contributed by atoms with Gasteiger partial charge in [0, 0.05) is 18.3 Å². The molecule has 0 aromatic heterocycles. The molecule has 0 aliphatic rings. The lowest BCUT2D eigenvalue weighted by Crippen LogP contribution is -2.28. The van der Waals surface area contributed by atoms with E-state index in [1.54, 1.807) is 12.1 Å². The Balaban J connectivity index is 1.78. The van der Waals surface area contributed by atoms with E-state index in [4.69, 9.17) is 4.74 Å². The summed E-state index contributed by atoms with van der Waals surface area (Å²) in [6.07, 6.45) is -0.319. The second kappa shape index (κ2) is 9.89. The van der Waals surface area contributed by atoms with E-state index < -0.39 is 44.9 Å². The molecule has 2 N–H and O–H groups in total. The molecule has 0 saturated heterocycles. The van der Waals surface area contributed by atoms with Crippen LogP contribution in [0.3, 0.4) is 0 Å². The maximum Gasteiger partial charge on any atom is 0.307 e. The number of carbonyl (C=O) groups excluding carboxylic acids is 2. The van der Waals surface area contributed by atoms with Crippen molar-refractivity contribution < 1.29 is 32.1 Å². The van der Waals surface area contributed by atoms with E-state index in [0.29, 0.717) is 0 Å². The van der Waals surface area contributed by atoms with E-state index in [0.717, 1.165) is 23.8 Å². The molecule has 0 aliphatic heterocycles. The molecule has 2 aromatic rings. The molecule has 2 rings (SSSR count). The van der Waals surface area contributed by atoms with Crippen LogP contribution in [-0.4, -0.2) is 38.4 Å². The van der Waals surface area contributed by atoms with Gasteiger partial charge in [-0.1, -0.05) is 17.7 Å². The van der Waals surface area contributed by atoms with Gasteiger partial charge in [-0.25, -0.2) is 13.1 Å². The van der Waals surface area contributed by atoms with Crippen LogP contribution >= 0.6 is 0 Å². The number of nitro benzene ring substituents is 1. The molecule has 0 radical (unpaired) electrons. The van der Waals surface area contributed by atoms with E-state index in [2.05, 4.69) is 10.0 Å². The predicted molar refractivity (Wildman–Crippen MR) is 104 cm³/mol. The van der Waals surface area contributed by atoms with Crippen molar-refractivity contribution in [3.8, 4) is 0 Å². The molecule has 10 nitrogen and oxygen atoms in total. The van der Waals surface area contributed by atoms with Gasteiger partial charge in [-0.15, -0.1) is 0 Å². The van der Waals surface area contributed by atoms with Crippen molar-refractivity contribution in [2.75, 3.05) is 18.5 Å². The zero-order valence-corrected chi connectivity index (χ0v) is 16.6. The number of esters is 1. The van der Waals surface area contributed by atoms with Crippen molar-refractivity contribution in [2.24, 2.45) is 0 Å². The summed E-state index contributed by atoms with van der Waals surface area (Å²) < 4.78 is 44.4. The van der Waals surface area contributed by atoms with Crippen molar-refractivity contribution in [3.63, 3.8) is 0 Å². The third-order valence-electron chi connectivity index (χ3n) is 3.74. The van der Waals surface area contributed by atoms with Crippen LogP contribution in [0.5, 0.6) is 0 Å². The minimum absolute atomic E-state index is 0.0463. The molecular formula is C18H18FN3O7S. The Morgan fingerprint density at radius 3 is 2.47 bits per heavy atom. The molecule has 0 atom stereocenters. The van der Waals surface area contributed by atoms with Crippen LogP contribution in [-0.2, 0) is 24.3 Å². The van der Waals surface area contributed by atoms with E-state index >= 15 is 0 Å². The standard InChI is InChI=1S/C18H18FN3O7S/c1-12-2-5-14(6-3-12)30(27,28)20-9-8-18(24)29-11-17(23)21-13-4-7-15(19)16(10-13)22(25)26/h2-7,10,20H,8-9,11H2,1H3,(H,21,23). The van der Waals surface area contributed by atoms with E-state index in [1.165, 1.54) is 12.1 Å². The molecule has 0 spiro atoms. The van der Waals surface area contributed by atoms with Gasteiger partial charge in [-0.05, 0) is 31.2 Å². The molecule has 0 fully saturated rings. The number of nitrogens with zero attached hydrogens (tertiary/aromatic N) is 1. The highest BCUT2D eigenvalue weighted by atomic mass is 32.2. The number of nitro groups is 1. The van der Waals surface area contributed by atoms with E-state index in [-0.39, 0.29) is 23.5 Å². The summed E-state index contributed by atoms with van der Waals surface area (Å²) in [4.78, 5) is 33.2. The SMILES string of the molecule is Cc1ccc(S(=O)(=O)NCCC(=O)OCC(=O)Nc2ccc(F)c([N+](=O)[O-])c2)cc1. The number of halogens is 1. The average molecular weight is 439 g/mol. The monoisotopic (exact) mass is 439 g/mol. The fourth-order valence-electron chi connectivity index (χ4n) is 2.23. The van der Waals surface area contributed by atoms with Gasteiger partial charge < -0.3 is 10.1 Å². The van der Waals surface area contributed by atoms with Crippen molar-refractivity contribution in [1.82, 2.24) is 4.72 Å². The van der Waals surface area contributed by atoms with Crippen LogP contribution < -0.4 is 10.0 Å². The Hall–Kier alpha value is -3.38. The van der Waals surface area contributed by atoms with Crippen molar-refractivity contribution >= 4 is 33.3 Å². The topological polar surface area (TPSA) is 145 Å². The number of sulfonamides is 1. The van der Waals surface area contributed by atoms with Crippen molar-refractivity contribution in [2.45, 2.75) is 18.2 Å². The van der Waals surface area contributed by atoms with Gasteiger partial charge in [0.25, 0.3) is 5.91 Å². The third kappa shape index (κ3) is 6.60. The maximum absolute atomic E-state index is 13.3. The fraction of sp³-hybridized carbons (Fsp3) is 0.222. The number of nitrogens with one attached hydrogen (secondary N) is 2. The molecule has 0 heterocycles. The smallest absolute Gasteiger partial charge is 0.307 e. The van der Waals surface area contributed by atoms with Gasteiger partial charge in [0.2, 0.25) is 15.8 Å². The highest BCUT2D eigenvalue weighted by Crippen LogP contribution is 2.21. The van der Waals surface area contributed by atoms with E-state index in [1.807, 2.05) is 6.92 Å². The predicted octanol–water partition coefficient (Wildman–Crippen LogP) is 1.89. The Kier molecular flexibility index (Phi) is 7.55. The lowest BCUT2D eigenvalue weighted by molar-refractivity contribution is -0.387. The van der Waals surface area contributed by atoms with Crippen LogP contribution in [0.1, 0.15) is 12.0 Å². The highest BCUT2D eigenvalue weighted by Gasteiger charge is 2.17. The normalized spacial score (nSPS) is 11.0. The van der Waals surface area contributed by atoms with Gasteiger partial charge >= 0.3 is 11.7 Å². The number of amides is 1. The second-order valence-electron chi connectivity index (χ2n) is 6.09. The van der Waals surface area contributed by atoms with Gasteiger partial charge in [-0.3, -0.25) is 19.7 Å². The van der Waals surface area contributed by atoms with Gasteiger partial charge in [-0.2, -0.15) is 4.39 Å². The van der Waals surface area contributed by atoms with Crippen LogP contribution in [0.25, 0.3) is 0 Å². The first-order chi connectivity index (χ1) is 14.1. The van der Waals surface area contributed by atoms with Crippen LogP contribution in [0.15, 0.2) is 47.4 Å². The number of aryl methyl sites for hydroxylation is 1. The largest absolute Gasteiger partial charge is 0.456 e. The number of hydrogen-bond donors (Lipinski definition) is 2. The Morgan fingerprint density at radius 2 is 1.83 bits per heavy atom. The molecule has 12 heteroatoms. The highest BCUT2D eigenvalue weighted by molar-refractivity contribution is 7.89. The molecule has 0 bridgehead atoms. The molecule has 30 heavy (non-hydrogen) atoms. The number of carbonyl (C=O) groups is 2. The Bertz CT molecular complexity index is 1060. The van der Waals surface area contributed by atoms with E-state index in [9.17, 15) is 32.5 Å². The summed E-state index contributed by atoms with van der Waals surface area (Å²) in [5.41, 5.74) is 0.0340. The molecule has 0 saturated carbocycles. The molecule has 2 aromatic carbocycles. The minimum atomic E-state index is -3.78. The average Bonchev–Trinajstić information content (AvgIpc) is 2.68. The molecule has 160 valence electrons. The second-order valence-corrected chi connectivity index (χ2v) is 7.86. The maximum atomic E-state index is 13.3. The number of hydrogen-bond acceptors (Lipinski definition) is 7.